The van der Waals surface area contributed by atoms with Gasteiger partial charge in [0.2, 0.25) is 23.6 Å². The van der Waals surface area contributed by atoms with Crippen LogP contribution in [-0.4, -0.2) is 237 Å². The van der Waals surface area contributed by atoms with Crippen LogP contribution >= 0.6 is 0 Å². The van der Waals surface area contributed by atoms with Gasteiger partial charge in [0.1, 0.15) is 23.2 Å². The quantitative estimate of drug-likeness (QED) is 0.00980. The highest BCUT2D eigenvalue weighted by molar-refractivity contribution is 5.93. The monoisotopic (exact) mass is 1270 g/mol. The first-order valence-electron chi connectivity index (χ1n) is 30.2. The molecule has 0 radical (unpaired) electrons. The van der Waals surface area contributed by atoms with Crippen LogP contribution in [0.2, 0.25) is 0 Å². The highest BCUT2D eigenvalue weighted by atomic mass is 16.4. The van der Waals surface area contributed by atoms with Crippen molar-refractivity contribution in [3.05, 3.63) is 116 Å². The lowest BCUT2D eigenvalue weighted by atomic mass is 9.90. The van der Waals surface area contributed by atoms with Gasteiger partial charge in [-0.25, -0.2) is 4.79 Å². The normalized spacial score (nSPS) is 14.9. The topological polar surface area (TPSA) is 449 Å². The molecule has 1 heterocycles. The summed E-state index contributed by atoms with van der Waals surface area (Å²) in [5, 5.41) is 67.3. The van der Waals surface area contributed by atoms with Gasteiger partial charge in [0, 0.05) is 130 Å². The number of nitrogens with two attached hydrogens (primary N) is 2. The van der Waals surface area contributed by atoms with Crippen LogP contribution in [-0.2, 0) is 40.1 Å². The molecule has 1 aliphatic heterocycles. The minimum atomic E-state index is -1.06. The van der Waals surface area contributed by atoms with Crippen LogP contribution in [0.1, 0.15) is 55.2 Å². The number of nitrogens with zero attached hydrogens (tertiary/aromatic N) is 5. The molecule has 4 aromatic rings. The summed E-state index contributed by atoms with van der Waals surface area (Å²) in [6.45, 7) is 4.79. The Labute approximate surface area is 526 Å². The zero-order valence-electron chi connectivity index (χ0n) is 51.2. The van der Waals surface area contributed by atoms with E-state index in [4.69, 9.17) is 11.5 Å². The van der Waals surface area contributed by atoms with Crippen molar-refractivity contribution in [2.45, 2.75) is 57.2 Å². The largest absolute Gasteiger partial charge is 0.508 e. The van der Waals surface area contributed by atoms with Crippen molar-refractivity contribution in [2.24, 2.45) is 16.5 Å². The van der Waals surface area contributed by atoms with Crippen molar-refractivity contribution >= 4 is 70.6 Å². The standard InChI is InChI=1S/C60H87N17O14/c1-2-47(79)64-22-25-69-60(91)73-59(62)68-19-6-10-45(56(88)70-35-40-11-17-44(78)18-12-40)72-58(90)51(41-8-4-3-5-9-41)42-13-15-43(16-14-42)63-20-7-21-65-52-53(55(87)54(52)86)66-23-24-67-57(89)46(34-61)71-39-77-32-30-75(37-49(82)83)28-26-74(36-48(80)81)27-29-76(31-33-77)38-50(84)85/h3-5,8-9,11-18,45-46,51,63,65-66,71,78H,2,6-7,10,19-39,61H2,1H3,(H,64,79)(H,67,89)(H,70,88)(H,72,90)(H,80,81)(H,82,83)(H,84,85)(H4,62,68,69,73,91)/t45-,46-,51+/m1/s1. The Morgan fingerprint density at radius 3 is 1.63 bits per heavy atom. The van der Waals surface area contributed by atoms with Crippen molar-refractivity contribution < 1.29 is 58.8 Å². The van der Waals surface area contributed by atoms with E-state index in [1.807, 2.05) is 59.5 Å². The highest BCUT2D eigenvalue weighted by Gasteiger charge is 2.29. The first kappa shape index (κ1) is 72.5. The molecule has 0 spiro atoms. The predicted molar refractivity (Wildman–Crippen MR) is 341 cm³/mol. The number of benzene rings is 3. The number of carboxylic acid groups (broad SMARTS) is 3. The van der Waals surface area contributed by atoms with E-state index in [9.17, 15) is 68.4 Å². The molecule has 3 atom stereocenters. The maximum absolute atomic E-state index is 14.4. The number of phenols is 1. The molecular weight excluding hydrogens is 1180 g/mol. The van der Waals surface area contributed by atoms with Crippen molar-refractivity contribution in [2.75, 3.05) is 147 Å². The summed E-state index contributed by atoms with van der Waals surface area (Å²) in [6.07, 6.45) is 1.32. The molecule has 6 amide bonds. The second kappa shape index (κ2) is 39.0. The molecule has 1 fully saturated rings. The van der Waals surface area contributed by atoms with Gasteiger partial charge in [0.25, 0.3) is 10.9 Å². The van der Waals surface area contributed by atoms with Crippen molar-refractivity contribution in [3.8, 4) is 5.75 Å². The lowest BCUT2D eigenvalue weighted by molar-refractivity contribution is -0.140. The fourth-order valence-corrected chi connectivity index (χ4v) is 9.66. The molecule has 31 heteroatoms. The second-order valence-corrected chi connectivity index (χ2v) is 21.5. The van der Waals surface area contributed by atoms with E-state index in [1.54, 1.807) is 33.8 Å². The Kier molecular flexibility index (Phi) is 31.1. The number of hydrogen-bond donors (Lipinski definition) is 16. The number of carboxylic acids is 3. The van der Waals surface area contributed by atoms with Gasteiger partial charge < -0.3 is 79.7 Å². The molecule has 4 aromatic carbocycles. The number of aliphatic carboxylic acids is 3. The number of nitrogens with one attached hydrogen (secondary N) is 10. The summed E-state index contributed by atoms with van der Waals surface area (Å²) < 4.78 is 0. The Morgan fingerprint density at radius 2 is 1.07 bits per heavy atom. The van der Waals surface area contributed by atoms with E-state index in [0.29, 0.717) is 56.6 Å². The number of anilines is 3. The summed E-state index contributed by atoms with van der Waals surface area (Å²) in [5.74, 6) is -5.58. The Balaban J connectivity index is 1.10. The molecule has 1 aliphatic rings. The summed E-state index contributed by atoms with van der Waals surface area (Å²) >= 11 is 0. The number of aromatic hydroxyl groups is 1. The Bertz CT molecular complexity index is 3060. The van der Waals surface area contributed by atoms with Crippen LogP contribution in [0.25, 0.3) is 0 Å². The second-order valence-electron chi connectivity index (χ2n) is 21.5. The van der Waals surface area contributed by atoms with Crippen molar-refractivity contribution in [1.82, 2.24) is 56.8 Å². The molecule has 0 aromatic heterocycles. The fourth-order valence-electron chi connectivity index (χ4n) is 9.66. The number of hydrogen-bond acceptors (Lipinski definition) is 20. The molecule has 1 saturated heterocycles. The number of rotatable bonds is 36. The number of guanidine groups is 1. The Morgan fingerprint density at radius 1 is 0.549 bits per heavy atom. The van der Waals surface area contributed by atoms with Gasteiger partial charge in [-0.15, -0.1) is 0 Å². The molecule has 0 unspecified atom stereocenters. The molecule has 5 rings (SSSR count). The van der Waals surface area contributed by atoms with Gasteiger partial charge in [-0.3, -0.25) is 68.1 Å². The van der Waals surface area contributed by atoms with Crippen LogP contribution in [0.5, 0.6) is 5.75 Å². The highest BCUT2D eigenvalue weighted by Crippen LogP contribution is 2.27. The van der Waals surface area contributed by atoms with Crippen LogP contribution in [0.4, 0.5) is 21.9 Å². The van der Waals surface area contributed by atoms with Gasteiger partial charge in [-0.1, -0.05) is 61.5 Å². The fraction of sp³-hybridized carbons (Fsp3) is 0.483. The minimum Gasteiger partial charge on any atom is -0.508 e. The number of carbonyl (C=O) groups excluding carboxylic acids is 5. The maximum atomic E-state index is 14.4. The van der Waals surface area contributed by atoms with E-state index < -0.39 is 70.5 Å². The maximum Gasteiger partial charge on any atom is 0.344 e. The summed E-state index contributed by atoms with van der Waals surface area (Å²) in [4.78, 5) is 136. The van der Waals surface area contributed by atoms with Gasteiger partial charge in [0.15, 0.2) is 5.96 Å². The van der Waals surface area contributed by atoms with Gasteiger partial charge in [-0.2, -0.15) is 4.99 Å². The number of urea groups is 1. The predicted octanol–water partition coefficient (Wildman–Crippen LogP) is -2.37. The van der Waals surface area contributed by atoms with E-state index in [1.165, 1.54) is 12.1 Å². The molecule has 31 nitrogen and oxygen atoms in total. The van der Waals surface area contributed by atoms with Gasteiger partial charge >= 0.3 is 23.9 Å². The lowest BCUT2D eigenvalue weighted by Crippen LogP contribution is -2.54. The lowest BCUT2D eigenvalue weighted by Gasteiger charge is -2.33. The van der Waals surface area contributed by atoms with Crippen LogP contribution in [0.15, 0.2) is 93.4 Å². The number of carbonyl (C=O) groups is 8. The van der Waals surface area contributed by atoms with E-state index in [-0.39, 0.29) is 147 Å². The summed E-state index contributed by atoms with van der Waals surface area (Å²) in [6, 6.07) is 20.1. The van der Waals surface area contributed by atoms with Crippen LogP contribution in [0.3, 0.4) is 0 Å². The number of amides is 6. The average molecular weight is 1270 g/mol. The number of aliphatic imine (C=N–C) groups is 1. The summed E-state index contributed by atoms with van der Waals surface area (Å²) in [5.41, 5.74) is 13.5. The first-order chi connectivity index (χ1) is 43.7. The zero-order chi connectivity index (χ0) is 66.1. The summed E-state index contributed by atoms with van der Waals surface area (Å²) in [7, 11) is 0. The van der Waals surface area contributed by atoms with Crippen molar-refractivity contribution in [1.29, 1.82) is 0 Å². The molecule has 0 bridgehead atoms. The molecule has 496 valence electrons. The smallest absolute Gasteiger partial charge is 0.344 e. The van der Waals surface area contributed by atoms with Gasteiger partial charge in [0.05, 0.1) is 31.6 Å². The molecule has 0 aliphatic carbocycles. The zero-order valence-corrected chi connectivity index (χ0v) is 51.2. The minimum absolute atomic E-state index is 0.0628. The van der Waals surface area contributed by atoms with Crippen molar-refractivity contribution in [3.63, 3.8) is 0 Å². The van der Waals surface area contributed by atoms with Crippen LogP contribution in [0, 0.1) is 0 Å². The molecular formula is C60H87N17O14. The Hall–Kier alpha value is -9.27. The SMILES string of the molecule is CCC(=O)NCCNC(=O)/N=C(/N)NCCC[C@@H](NC(=O)[C@@H](c1ccccc1)c1ccc(NCCCNc2c(NCCNC(=O)[C@@H](CN)NCN3CCN(CC(=O)O)CCN(CC(=O)O)CCN(CC(=O)O)CC3)c(=O)c2=O)cc1)C(=O)NCc1ccc(O)cc1. The molecule has 18 N–H and O–H groups in total. The third-order valence-electron chi connectivity index (χ3n) is 14.7. The molecule has 0 saturated carbocycles. The molecule has 91 heavy (non-hydrogen) atoms. The first-order valence-corrected chi connectivity index (χ1v) is 30.2. The third-order valence-corrected chi connectivity index (χ3v) is 14.7. The van der Waals surface area contributed by atoms with E-state index in [0.717, 1.165) is 11.3 Å². The van der Waals surface area contributed by atoms with Gasteiger partial charge in [-0.05, 0) is 60.2 Å². The average Bonchev–Trinajstić information content (AvgIpc) is 0.887. The van der Waals surface area contributed by atoms with E-state index >= 15 is 0 Å². The van der Waals surface area contributed by atoms with E-state index in [2.05, 4.69) is 58.2 Å². The van der Waals surface area contributed by atoms with Crippen LogP contribution < -0.4 is 75.5 Å². The third kappa shape index (κ3) is 26.4. The number of phenolic OH excluding ortho intramolecular Hbond substituents is 1.